The second-order valence-corrected chi connectivity index (χ2v) is 9.40. The lowest BCUT2D eigenvalue weighted by Gasteiger charge is -2.23. The number of nitrogens with one attached hydrogen (secondary N) is 1. The van der Waals surface area contributed by atoms with E-state index < -0.39 is 23.5 Å². The first kappa shape index (κ1) is 26.1. The number of phenols is 1. The largest absolute Gasteiger partial charge is 0.507 e. The highest BCUT2D eigenvalue weighted by Gasteiger charge is 2.48. The van der Waals surface area contributed by atoms with Gasteiger partial charge >= 0.3 is 5.91 Å². The predicted molar refractivity (Wildman–Crippen MR) is 148 cm³/mol. The van der Waals surface area contributed by atoms with Gasteiger partial charge in [0.2, 0.25) is 5.95 Å². The third kappa shape index (κ3) is 4.66. The number of benzene rings is 3. The molecule has 1 amide bonds. The number of imidazole rings is 1. The summed E-state index contributed by atoms with van der Waals surface area (Å²) in [6.45, 7) is 6.12. The van der Waals surface area contributed by atoms with Crippen molar-refractivity contribution in [1.29, 1.82) is 0 Å². The summed E-state index contributed by atoms with van der Waals surface area (Å²) < 4.78 is 11.1. The van der Waals surface area contributed by atoms with Crippen LogP contribution in [0.3, 0.4) is 0 Å². The number of ether oxygens (including phenoxy) is 2. The van der Waals surface area contributed by atoms with E-state index in [0.29, 0.717) is 34.0 Å². The number of hydrogen-bond acceptors (Lipinski definition) is 7. The van der Waals surface area contributed by atoms with Gasteiger partial charge < -0.3 is 24.7 Å². The fraction of sp³-hybridized carbons (Fsp3) is 0.207. The number of amides is 1. The van der Waals surface area contributed by atoms with Gasteiger partial charge in [-0.05, 0) is 74.4 Å². The van der Waals surface area contributed by atoms with Crippen molar-refractivity contribution in [3.8, 4) is 17.2 Å². The van der Waals surface area contributed by atoms with Crippen LogP contribution >= 0.6 is 11.6 Å². The molecule has 1 aliphatic heterocycles. The predicted octanol–water partition coefficient (Wildman–Crippen LogP) is 5.65. The molecule has 1 unspecified atom stereocenters. The number of Topliss-reactive ketones (excluding diaryl/α,β-unsaturated/α-hetero) is 1. The smallest absolute Gasteiger partial charge is 0.302 e. The quantitative estimate of drug-likeness (QED) is 0.155. The number of fused-ring (bicyclic) bond motifs is 1. The number of carbonyl (C=O) groups excluding carboxylic acids is 2. The van der Waals surface area contributed by atoms with Crippen LogP contribution in [0.25, 0.3) is 16.8 Å². The fourth-order valence-electron chi connectivity index (χ4n) is 4.63. The second-order valence-electron chi connectivity index (χ2n) is 8.99. The minimum atomic E-state index is -1.09. The molecular weight excluding hydrogens is 522 g/mol. The lowest BCUT2D eigenvalue weighted by atomic mass is 9.95. The minimum absolute atomic E-state index is 0.101. The molecule has 2 heterocycles. The van der Waals surface area contributed by atoms with E-state index in [9.17, 15) is 19.8 Å². The maximum absolute atomic E-state index is 13.5. The molecule has 0 radical (unpaired) electrons. The molecule has 3 aromatic carbocycles. The summed E-state index contributed by atoms with van der Waals surface area (Å²) in [5.74, 6) is -1.64. The van der Waals surface area contributed by atoms with Gasteiger partial charge in [0.15, 0.2) is 11.5 Å². The number of phenolic OH excluding ortho intramolecular Hbond substituents is 1. The lowest BCUT2D eigenvalue weighted by molar-refractivity contribution is -0.132. The third-order valence-corrected chi connectivity index (χ3v) is 6.71. The average molecular weight is 548 g/mol. The van der Waals surface area contributed by atoms with Gasteiger partial charge in [0.1, 0.15) is 11.5 Å². The first-order valence-corrected chi connectivity index (χ1v) is 12.8. The number of rotatable bonds is 7. The number of aliphatic hydroxyl groups is 1. The Bertz CT molecular complexity index is 1640. The van der Waals surface area contributed by atoms with E-state index in [0.717, 1.165) is 5.56 Å². The maximum atomic E-state index is 13.5. The number of aromatic amines is 1. The maximum Gasteiger partial charge on any atom is 0.302 e. The molecule has 39 heavy (non-hydrogen) atoms. The van der Waals surface area contributed by atoms with Crippen molar-refractivity contribution >= 4 is 46.0 Å². The Morgan fingerprint density at radius 1 is 1.03 bits per heavy atom. The zero-order chi connectivity index (χ0) is 27.8. The number of aromatic hydroxyl groups is 1. The van der Waals surface area contributed by atoms with Crippen LogP contribution in [-0.2, 0) is 9.59 Å². The summed E-state index contributed by atoms with van der Waals surface area (Å²) in [6, 6.07) is 13.6. The molecular formula is C29H26ClN3O6. The number of ketones is 1. The van der Waals surface area contributed by atoms with Gasteiger partial charge in [-0.1, -0.05) is 23.7 Å². The minimum Gasteiger partial charge on any atom is -0.507 e. The molecule has 1 aliphatic rings. The van der Waals surface area contributed by atoms with Crippen LogP contribution in [0.15, 0.2) is 60.2 Å². The standard InChI is InChI=1S/C29H26ClN3O6/c1-4-38-22-14-17(7-9-18(22)30)26(35)24-25(16-8-11-21(34)23(13-16)39-5-2)33(28(37)27(24)36)29-31-19-10-6-15(3)12-20(19)32-29/h6-14,25,34-35H,4-5H2,1-3H3,(H,31,32)/b26-24+. The summed E-state index contributed by atoms with van der Waals surface area (Å²) >= 11 is 6.23. The van der Waals surface area contributed by atoms with E-state index in [1.807, 2.05) is 25.1 Å². The van der Waals surface area contributed by atoms with E-state index >= 15 is 0 Å². The van der Waals surface area contributed by atoms with Crippen molar-refractivity contribution in [1.82, 2.24) is 9.97 Å². The Kier molecular flexibility index (Phi) is 6.93. The van der Waals surface area contributed by atoms with Crippen LogP contribution in [0, 0.1) is 6.92 Å². The monoisotopic (exact) mass is 547 g/mol. The molecule has 1 saturated heterocycles. The topological polar surface area (TPSA) is 125 Å². The van der Waals surface area contributed by atoms with Crippen molar-refractivity contribution in [2.45, 2.75) is 26.8 Å². The summed E-state index contributed by atoms with van der Waals surface area (Å²) in [5.41, 5.74) is 2.79. The number of anilines is 1. The molecule has 3 N–H and O–H groups in total. The van der Waals surface area contributed by atoms with Gasteiger partial charge in [-0.25, -0.2) is 4.98 Å². The highest BCUT2D eigenvalue weighted by atomic mass is 35.5. The van der Waals surface area contributed by atoms with E-state index in [4.69, 9.17) is 21.1 Å². The highest BCUT2D eigenvalue weighted by Crippen LogP contribution is 2.44. The first-order chi connectivity index (χ1) is 18.7. The molecule has 5 rings (SSSR count). The number of carbonyl (C=O) groups is 2. The molecule has 0 bridgehead atoms. The zero-order valence-corrected chi connectivity index (χ0v) is 22.2. The van der Waals surface area contributed by atoms with E-state index in [-0.39, 0.29) is 35.2 Å². The van der Waals surface area contributed by atoms with Crippen molar-refractivity contribution in [2.75, 3.05) is 18.1 Å². The molecule has 200 valence electrons. The van der Waals surface area contributed by atoms with Gasteiger partial charge in [-0.2, -0.15) is 0 Å². The van der Waals surface area contributed by atoms with Crippen LogP contribution < -0.4 is 14.4 Å². The van der Waals surface area contributed by atoms with Gasteiger partial charge in [0, 0.05) is 5.56 Å². The van der Waals surface area contributed by atoms with Crippen LogP contribution in [0.5, 0.6) is 17.2 Å². The Hall–Kier alpha value is -4.50. The molecule has 1 aromatic heterocycles. The number of aliphatic hydroxyl groups excluding tert-OH is 1. The van der Waals surface area contributed by atoms with E-state index in [1.165, 1.54) is 29.2 Å². The molecule has 1 atom stereocenters. The summed E-state index contributed by atoms with van der Waals surface area (Å²) in [6.07, 6.45) is 0. The summed E-state index contributed by atoms with van der Waals surface area (Å²) in [4.78, 5) is 36.0. The highest BCUT2D eigenvalue weighted by molar-refractivity contribution is 6.51. The van der Waals surface area contributed by atoms with Crippen LogP contribution in [0.4, 0.5) is 5.95 Å². The fourth-order valence-corrected chi connectivity index (χ4v) is 4.81. The van der Waals surface area contributed by atoms with Crippen molar-refractivity contribution in [2.24, 2.45) is 0 Å². The van der Waals surface area contributed by atoms with Gasteiger partial charge in [0.25, 0.3) is 5.78 Å². The summed E-state index contributed by atoms with van der Waals surface area (Å²) in [5, 5.41) is 22.1. The average Bonchev–Trinajstić information content (AvgIpc) is 3.44. The molecule has 1 fully saturated rings. The van der Waals surface area contributed by atoms with Crippen molar-refractivity contribution < 1.29 is 29.3 Å². The van der Waals surface area contributed by atoms with Gasteiger partial charge in [-0.3, -0.25) is 14.5 Å². The number of H-pyrrole nitrogens is 1. The second kappa shape index (κ2) is 10.3. The van der Waals surface area contributed by atoms with Crippen LogP contribution in [-0.4, -0.2) is 45.1 Å². The Morgan fingerprint density at radius 2 is 1.77 bits per heavy atom. The third-order valence-electron chi connectivity index (χ3n) is 6.40. The Balaban J connectivity index is 1.74. The van der Waals surface area contributed by atoms with Crippen LogP contribution in [0.1, 0.15) is 36.6 Å². The first-order valence-electron chi connectivity index (χ1n) is 12.4. The molecule has 0 aliphatic carbocycles. The Labute approximate surface area is 229 Å². The van der Waals surface area contributed by atoms with Gasteiger partial charge in [0.05, 0.1) is 40.9 Å². The van der Waals surface area contributed by atoms with Crippen LogP contribution in [0.2, 0.25) is 5.02 Å². The number of aromatic nitrogens is 2. The number of halogens is 1. The number of nitrogens with zero attached hydrogens (tertiary/aromatic N) is 2. The van der Waals surface area contributed by atoms with Gasteiger partial charge in [-0.15, -0.1) is 0 Å². The van der Waals surface area contributed by atoms with Crippen molar-refractivity contribution in [3.63, 3.8) is 0 Å². The van der Waals surface area contributed by atoms with Crippen molar-refractivity contribution in [3.05, 3.63) is 81.9 Å². The van der Waals surface area contributed by atoms with E-state index in [2.05, 4.69) is 9.97 Å². The molecule has 0 saturated carbocycles. The number of aryl methyl sites for hydroxylation is 1. The molecule has 0 spiro atoms. The SMILES string of the molecule is CCOc1cc(C2/C(=C(\O)c3ccc(Cl)c(OCC)c3)C(=O)C(=O)N2c2nc3ccc(C)cc3[nH]2)ccc1O. The normalized spacial score (nSPS) is 16.7. The molecule has 10 heteroatoms. The number of hydrogen-bond donors (Lipinski definition) is 3. The molecule has 9 nitrogen and oxygen atoms in total. The Morgan fingerprint density at radius 3 is 2.51 bits per heavy atom. The lowest BCUT2D eigenvalue weighted by Crippen LogP contribution is -2.30. The molecule has 4 aromatic rings. The summed E-state index contributed by atoms with van der Waals surface area (Å²) in [7, 11) is 0. The van der Waals surface area contributed by atoms with E-state index in [1.54, 1.807) is 26.0 Å². The zero-order valence-electron chi connectivity index (χ0n) is 21.5.